The number of aromatic nitrogens is 5. The Balaban J connectivity index is 1.71. The molecule has 0 unspecified atom stereocenters. The SMILES string of the molecule is Cc1nc(C)c(-c2ncc(Cl)c(Nc3ccc4c(c3)n(CCC(C)(C)O)c(=O)n4C)n2)s1. The maximum Gasteiger partial charge on any atom is 0.328 e. The van der Waals surface area contributed by atoms with Gasteiger partial charge in [0, 0.05) is 19.3 Å². The third kappa shape index (κ3) is 4.41. The fourth-order valence-corrected chi connectivity index (χ4v) is 4.53. The third-order valence-corrected chi connectivity index (χ3v) is 6.55. The molecule has 4 rings (SSSR count). The van der Waals surface area contributed by atoms with E-state index in [1.54, 1.807) is 36.2 Å². The molecule has 4 aromatic rings. The minimum Gasteiger partial charge on any atom is -0.390 e. The molecule has 168 valence electrons. The molecule has 0 saturated heterocycles. The molecule has 1 aromatic carbocycles. The summed E-state index contributed by atoms with van der Waals surface area (Å²) in [5, 5.41) is 14.7. The predicted molar refractivity (Wildman–Crippen MR) is 129 cm³/mol. The summed E-state index contributed by atoms with van der Waals surface area (Å²) in [7, 11) is 1.74. The Labute approximate surface area is 194 Å². The van der Waals surface area contributed by atoms with Gasteiger partial charge in [-0.25, -0.2) is 19.7 Å². The third-order valence-electron chi connectivity index (χ3n) is 5.21. The van der Waals surface area contributed by atoms with E-state index in [9.17, 15) is 9.90 Å². The first-order valence-electron chi connectivity index (χ1n) is 10.2. The van der Waals surface area contributed by atoms with Crippen LogP contribution in [0.1, 0.15) is 31.0 Å². The van der Waals surface area contributed by atoms with Gasteiger partial charge in [0.1, 0.15) is 5.02 Å². The second-order valence-electron chi connectivity index (χ2n) is 8.42. The van der Waals surface area contributed by atoms with E-state index < -0.39 is 5.60 Å². The average molecular weight is 473 g/mol. The van der Waals surface area contributed by atoms with Gasteiger partial charge in [-0.15, -0.1) is 11.3 Å². The van der Waals surface area contributed by atoms with Gasteiger partial charge < -0.3 is 10.4 Å². The zero-order valence-electron chi connectivity index (χ0n) is 18.6. The molecule has 0 aliphatic heterocycles. The van der Waals surface area contributed by atoms with Crippen molar-refractivity contribution in [3.05, 3.63) is 50.6 Å². The van der Waals surface area contributed by atoms with Crippen LogP contribution in [-0.4, -0.2) is 34.8 Å². The highest BCUT2D eigenvalue weighted by Crippen LogP contribution is 2.31. The Hall–Kier alpha value is -2.75. The number of rotatable bonds is 6. The lowest BCUT2D eigenvalue weighted by molar-refractivity contribution is 0.0662. The number of imidazole rings is 1. The topological polar surface area (TPSA) is 97.9 Å². The molecule has 0 fully saturated rings. The number of aliphatic hydroxyl groups is 1. The summed E-state index contributed by atoms with van der Waals surface area (Å²) in [6.07, 6.45) is 2.03. The predicted octanol–water partition coefficient (Wildman–Crippen LogP) is 4.43. The number of nitrogens with one attached hydrogen (secondary N) is 1. The minimum atomic E-state index is -0.866. The average Bonchev–Trinajstić information content (AvgIpc) is 3.17. The summed E-state index contributed by atoms with van der Waals surface area (Å²) in [4.78, 5) is 27.1. The van der Waals surface area contributed by atoms with Crippen LogP contribution in [0.15, 0.2) is 29.2 Å². The Morgan fingerprint density at radius 3 is 2.62 bits per heavy atom. The summed E-state index contributed by atoms with van der Waals surface area (Å²) >= 11 is 7.91. The second kappa shape index (κ2) is 8.31. The van der Waals surface area contributed by atoms with Crippen molar-refractivity contribution in [3.8, 4) is 10.7 Å². The number of hydrogen-bond donors (Lipinski definition) is 2. The maximum atomic E-state index is 12.7. The van der Waals surface area contributed by atoms with Crippen LogP contribution in [0.5, 0.6) is 0 Å². The molecule has 0 aliphatic carbocycles. The van der Waals surface area contributed by atoms with Crippen LogP contribution in [0.2, 0.25) is 5.02 Å². The van der Waals surface area contributed by atoms with Gasteiger partial charge in [0.05, 0.1) is 38.4 Å². The molecule has 2 N–H and O–H groups in total. The summed E-state index contributed by atoms with van der Waals surface area (Å²) in [6, 6.07) is 5.65. The zero-order valence-corrected chi connectivity index (χ0v) is 20.2. The smallest absolute Gasteiger partial charge is 0.328 e. The molecule has 0 bridgehead atoms. The number of nitrogens with zero attached hydrogens (tertiary/aromatic N) is 5. The molecule has 3 aromatic heterocycles. The monoisotopic (exact) mass is 472 g/mol. The van der Waals surface area contributed by atoms with E-state index in [0.717, 1.165) is 32.3 Å². The van der Waals surface area contributed by atoms with E-state index in [2.05, 4.69) is 20.3 Å². The van der Waals surface area contributed by atoms with E-state index in [4.69, 9.17) is 11.6 Å². The first kappa shape index (κ1) is 22.4. The molecule has 0 amide bonds. The first-order chi connectivity index (χ1) is 15.0. The minimum absolute atomic E-state index is 0.125. The van der Waals surface area contributed by atoms with Gasteiger partial charge in [-0.2, -0.15) is 0 Å². The van der Waals surface area contributed by atoms with Gasteiger partial charge in [0.15, 0.2) is 11.6 Å². The van der Waals surface area contributed by atoms with E-state index in [1.807, 2.05) is 32.0 Å². The van der Waals surface area contributed by atoms with Crippen molar-refractivity contribution >= 4 is 45.5 Å². The standard InChI is InChI=1S/C22H25ClN6O2S/c1-12-18(32-13(2)25-12)20-24-11-15(23)19(27-20)26-14-6-7-16-17(10-14)29(21(30)28(16)5)9-8-22(3,4)31/h6-7,10-11,31H,8-9H2,1-5H3,(H,24,26,27). The van der Waals surface area contributed by atoms with Crippen LogP contribution in [-0.2, 0) is 13.6 Å². The molecular formula is C22H25ClN6O2S. The molecule has 3 heterocycles. The van der Waals surface area contributed by atoms with Crippen molar-refractivity contribution < 1.29 is 5.11 Å². The molecule has 0 atom stereocenters. The lowest BCUT2D eigenvalue weighted by Gasteiger charge is -2.17. The highest BCUT2D eigenvalue weighted by atomic mass is 35.5. The number of aryl methyl sites for hydroxylation is 4. The molecule has 32 heavy (non-hydrogen) atoms. The fourth-order valence-electron chi connectivity index (χ4n) is 3.53. The second-order valence-corrected chi connectivity index (χ2v) is 10.0. The molecule has 0 saturated carbocycles. The van der Waals surface area contributed by atoms with Crippen molar-refractivity contribution in [1.82, 2.24) is 24.1 Å². The number of hydrogen-bond acceptors (Lipinski definition) is 7. The van der Waals surface area contributed by atoms with Gasteiger partial charge in [-0.05, 0) is 52.3 Å². The molecular weight excluding hydrogens is 448 g/mol. The number of anilines is 2. The molecule has 0 spiro atoms. The number of thiazole rings is 1. The maximum absolute atomic E-state index is 12.7. The molecule has 10 heteroatoms. The van der Waals surface area contributed by atoms with Crippen LogP contribution in [0, 0.1) is 13.8 Å². The van der Waals surface area contributed by atoms with Crippen LogP contribution in [0.25, 0.3) is 21.7 Å². The van der Waals surface area contributed by atoms with Crippen molar-refractivity contribution in [2.24, 2.45) is 7.05 Å². The van der Waals surface area contributed by atoms with Crippen molar-refractivity contribution in [2.75, 3.05) is 5.32 Å². The van der Waals surface area contributed by atoms with Crippen molar-refractivity contribution in [3.63, 3.8) is 0 Å². The van der Waals surface area contributed by atoms with Crippen LogP contribution in [0.4, 0.5) is 11.5 Å². The number of fused-ring (bicyclic) bond motifs is 1. The van der Waals surface area contributed by atoms with Crippen molar-refractivity contribution in [2.45, 2.75) is 46.3 Å². The Kier molecular flexibility index (Phi) is 5.83. The summed E-state index contributed by atoms with van der Waals surface area (Å²) < 4.78 is 3.28. The van der Waals surface area contributed by atoms with E-state index in [0.29, 0.717) is 29.6 Å². The number of halogens is 1. The van der Waals surface area contributed by atoms with E-state index in [1.165, 1.54) is 11.3 Å². The lowest BCUT2D eigenvalue weighted by Crippen LogP contribution is -2.27. The van der Waals surface area contributed by atoms with E-state index >= 15 is 0 Å². The van der Waals surface area contributed by atoms with Crippen LogP contribution in [0.3, 0.4) is 0 Å². The summed E-state index contributed by atoms with van der Waals surface area (Å²) in [5.74, 6) is 1.03. The Morgan fingerprint density at radius 1 is 1.22 bits per heavy atom. The highest BCUT2D eigenvalue weighted by Gasteiger charge is 2.18. The van der Waals surface area contributed by atoms with Gasteiger partial charge in [-0.1, -0.05) is 11.6 Å². The van der Waals surface area contributed by atoms with Gasteiger partial charge in [-0.3, -0.25) is 9.13 Å². The number of benzene rings is 1. The largest absolute Gasteiger partial charge is 0.390 e. The summed E-state index contributed by atoms with van der Waals surface area (Å²) in [6.45, 7) is 7.75. The zero-order chi connectivity index (χ0) is 23.2. The Bertz CT molecular complexity index is 1370. The van der Waals surface area contributed by atoms with Gasteiger partial charge >= 0.3 is 5.69 Å². The Morgan fingerprint density at radius 2 is 1.97 bits per heavy atom. The van der Waals surface area contributed by atoms with Crippen LogP contribution >= 0.6 is 22.9 Å². The van der Waals surface area contributed by atoms with Gasteiger partial charge in [0.2, 0.25) is 0 Å². The summed E-state index contributed by atoms with van der Waals surface area (Å²) in [5.41, 5.74) is 2.20. The quantitative estimate of drug-likeness (QED) is 0.431. The first-order valence-corrected chi connectivity index (χ1v) is 11.4. The molecule has 8 nitrogen and oxygen atoms in total. The highest BCUT2D eigenvalue weighted by molar-refractivity contribution is 7.15. The fraction of sp³-hybridized carbons (Fsp3) is 0.364. The lowest BCUT2D eigenvalue weighted by atomic mass is 10.1. The van der Waals surface area contributed by atoms with Crippen LogP contribution < -0.4 is 11.0 Å². The van der Waals surface area contributed by atoms with E-state index in [-0.39, 0.29) is 5.69 Å². The molecule has 0 radical (unpaired) electrons. The van der Waals surface area contributed by atoms with Crippen molar-refractivity contribution in [1.29, 1.82) is 0 Å². The normalized spacial score (nSPS) is 12.0. The van der Waals surface area contributed by atoms with Gasteiger partial charge in [0.25, 0.3) is 0 Å². The molecule has 0 aliphatic rings.